The van der Waals surface area contributed by atoms with Gasteiger partial charge in [0.2, 0.25) is 0 Å². The lowest BCUT2D eigenvalue weighted by molar-refractivity contribution is 0.103. The van der Waals surface area contributed by atoms with Gasteiger partial charge < -0.3 is 0 Å². The third kappa shape index (κ3) is 2.02. The van der Waals surface area contributed by atoms with Crippen LogP contribution in [0.4, 0.5) is 4.39 Å². The third-order valence-corrected chi connectivity index (χ3v) is 2.83. The van der Waals surface area contributed by atoms with Crippen LogP contribution in [-0.2, 0) is 0 Å². The summed E-state index contributed by atoms with van der Waals surface area (Å²) in [4.78, 5) is 15.6. The van der Waals surface area contributed by atoms with E-state index >= 15 is 0 Å². The van der Waals surface area contributed by atoms with E-state index in [0.29, 0.717) is 10.0 Å². The fraction of sp³-hybridized carbons (Fsp3) is 0. The highest BCUT2D eigenvalue weighted by Gasteiger charge is 2.15. The zero-order valence-corrected chi connectivity index (χ0v) is 9.74. The van der Waals surface area contributed by atoms with Gasteiger partial charge in [-0.1, -0.05) is 28.1 Å². The van der Waals surface area contributed by atoms with Crippen LogP contribution in [0, 0.1) is 5.82 Å². The molecule has 0 aliphatic heterocycles. The van der Waals surface area contributed by atoms with E-state index in [1.165, 1.54) is 12.3 Å². The minimum Gasteiger partial charge on any atom is -0.288 e. The Morgan fingerprint density at radius 3 is 2.62 bits per heavy atom. The molecule has 2 rings (SSSR count). The third-order valence-electron chi connectivity index (χ3n) is 2.14. The fourth-order valence-electron chi connectivity index (χ4n) is 1.35. The van der Waals surface area contributed by atoms with Crippen molar-refractivity contribution >= 4 is 21.7 Å². The van der Waals surface area contributed by atoms with Crippen LogP contribution in [0.15, 0.2) is 47.2 Å². The standard InChI is InChI=1S/C12H7BrFNO/c13-10-4-2-1-3-8(10)12(16)9-5-6-15-7-11(9)14/h1-7H. The molecule has 0 fully saturated rings. The van der Waals surface area contributed by atoms with Crippen molar-refractivity contribution in [3.05, 3.63) is 64.1 Å². The van der Waals surface area contributed by atoms with Gasteiger partial charge >= 0.3 is 0 Å². The Balaban J connectivity index is 2.48. The molecule has 1 aromatic heterocycles. The van der Waals surface area contributed by atoms with Crippen LogP contribution in [0.2, 0.25) is 0 Å². The molecule has 4 heteroatoms. The highest BCUT2D eigenvalue weighted by molar-refractivity contribution is 9.10. The van der Waals surface area contributed by atoms with Crippen molar-refractivity contribution in [3.63, 3.8) is 0 Å². The molecule has 0 aliphatic carbocycles. The summed E-state index contributed by atoms with van der Waals surface area (Å²) >= 11 is 3.26. The van der Waals surface area contributed by atoms with Crippen molar-refractivity contribution in [3.8, 4) is 0 Å². The van der Waals surface area contributed by atoms with Crippen molar-refractivity contribution in [1.82, 2.24) is 4.98 Å². The molecule has 1 aromatic carbocycles. The van der Waals surface area contributed by atoms with E-state index in [-0.39, 0.29) is 11.3 Å². The van der Waals surface area contributed by atoms with Gasteiger partial charge in [0, 0.05) is 16.2 Å². The summed E-state index contributed by atoms with van der Waals surface area (Å²) in [5.41, 5.74) is 0.467. The normalized spacial score (nSPS) is 10.1. The van der Waals surface area contributed by atoms with Gasteiger partial charge in [0.15, 0.2) is 11.6 Å². The first-order valence-corrected chi connectivity index (χ1v) is 5.38. The summed E-state index contributed by atoms with van der Waals surface area (Å²) in [6.07, 6.45) is 2.43. The zero-order chi connectivity index (χ0) is 11.5. The Labute approximate surface area is 100 Å². The Morgan fingerprint density at radius 2 is 1.94 bits per heavy atom. The van der Waals surface area contributed by atoms with E-state index in [2.05, 4.69) is 20.9 Å². The smallest absolute Gasteiger partial charge is 0.197 e. The van der Waals surface area contributed by atoms with Crippen LogP contribution in [-0.4, -0.2) is 10.8 Å². The molecular formula is C12H7BrFNO. The van der Waals surface area contributed by atoms with E-state index in [1.807, 2.05) is 0 Å². The second-order valence-electron chi connectivity index (χ2n) is 3.16. The number of benzene rings is 1. The minimum atomic E-state index is -0.608. The SMILES string of the molecule is O=C(c1ccncc1F)c1ccccc1Br. The first kappa shape index (κ1) is 11.0. The summed E-state index contributed by atoms with van der Waals surface area (Å²) in [5, 5.41) is 0. The highest BCUT2D eigenvalue weighted by atomic mass is 79.9. The molecule has 0 aliphatic rings. The predicted octanol–water partition coefficient (Wildman–Crippen LogP) is 3.21. The van der Waals surface area contributed by atoms with Crippen LogP contribution in [0.5, 0.6) is 0 Å². The Morgan fingerprint density at radius 1 is 1.19 bits per heavy atom. The van der Waals surface area contributed by atoms with Crippen LogP contribution in [0.25, 0.3) is 0 Å². The van der Waals surface area contributed by atoms with Crippen molar-refractivity contribution in [1.29, 1.82) is 0 Å². The van der Waals surface area contributed by atoms with Gasteiger partial charge in [-0.05, 0) is 18.2 Å². The molecule has 1 heterocycles. The Hall–Kier alpha value is -1.55. The highest BCUT2D eigenvalue weighted by Crippen LogP contribution is 2.20. The van der Waals surface area contributed by atoms with E-state index in [0.717, 1.165) is 6.20 Å². The first-order chi connectivity index (χ1) is 7.70. The van der Waals surface area contributed by atoms with Gasteiger partial charge in [-0.3, -0.25) is 9.78 Å². The van der Waals surface area contributed by atoms with E-state index in [9.17, 15) is 9.18 Å². The number of aromatic nitrogens is 1. The van der Waals surface area contributed by atoms with Crippen molar-refractivity contribution in [2.45, 2.75) is 0 Å². The number of ketones is 1. The monoisotopic (exact) mass is 279 g/mol. The van der Waals surface area contributed by atoms with Crippen molar-refractivity contribution in [2.24, 2.45) is 0 Å². The van der Waals surface area contributed by atoms with Crippen LogP contribution in [0.1, 0.15) is 15.9 Å². The van der Waals surface area contributed by atoms with Gasteiger partial charge in [0.05, 0.1) is 11.8 Å². The number of carbonyl (C=O) groups excluding carboxylic acids is 1. The number of hydrogen-bond acceptors (Lipinski definition) is 2. The molecule has 0 saturated heterocycles. The van der Waals surface area contributed by atoms with Gasteiger partial charge in [0.25, 0.3) is 0 Å². The number of carbonyl (C=O) groups is 1. The summed E-state index contributed by atoms with van der Waals surface area (Å²) in [7, 11) is 0. The molecule has 2 nitrogen and oxygen atoms in total. The maximum absolute atomic E-state index is 13.4. The van der Waals surface area contributed by atoms with E-state index in [4.69, 9.17) is 0 Å². The van der Waals surface area contributed by atoms with Crippen LogP contribution < -0.4 is 0 Å². The second-order valence-corrected chi connectivity index (χ2v) is 4.02. The topological polar surface area (TPSA) is 30.0 Å². The second kappa shape index (κ2) is 4.53. The molecule has 16 heavy (non-hydrogen) atoms. The molecule has 0 N–H and O–H groups in total. The number of rotatable bonds is 2. The maximum atomic E-state index is 13.4. The zero-order valence-electron chi connectivity index (χ0n) is 8.15. The average molecular weight is 280 g/mol. The molecule has 0 spiro atoms. The number of pyridine rings is 1. The molecule has 0 radical (unpaired) electrons. The van der Waals surface area contributed by atoms with Crippen molar-refractivity contribution < 1.29 is 9.18 Å². The predicted molar refractivity (Wildman–Crippen MR) is 61.8 cm³/mol. The van der Waals surface area contributed by atoms with E-state index in [1.54, 1.807) is 24.3 Å². The lowest BCUT2D eigenvalue weighted by Crippen LogP contribution is -2.05. The molecule has 2 aromatic rings. The fourth-order valence-corrected chi connectivity index (χ4v) is 1.81. The molecule has 0 amide bonds. The van der Waals surface area contributed by atoms with Crippen LogP contribution >= 0.6 is 15.9 Å². The quantitative estimate of drug-likeness (QED) is 0.790. The number of nitrogens with zero attached hydrogens (tertiary/aromatic N) is 1. The number of halogens is 2. The molecular weight excluding hydrogens is 273 g/mol. The summed E-state index contributed by atoms with van der Waals surface area (Å²) in [5.74, 6) is -0.962. The molecule has 80 valence electrons. The largest absolute Gasteiger partial charge is 0.288 e. The Bertz CT molecular complexity index is 495. The molecule has 0 bridgehead atoms. The molecule has 0 saturated carbocycles. The molecule has 0 atom stereocenters. The maximum Gasteiger partial charge on any atom is 0.197 e. The Kier molecular flexibility index (Phi) is 3.10. The van der Waals surface area contributed by atoms with E-state index < -0.39 is 5.82 Å². The summed E-state index contributed by atoms with van der Waals surface area (Å²) in [6, 6.07) is 8.29. The van der Waals surface area contributed by atoms with Gasteiger partial charge in [-0.2, -0.15) is 0 Å². The average Bonchev–Trinajstić information content (AvgIpc) is 2.29. The van der Waals surface area contributed by atoms with Crippen molar-refractivity contribution in [2.75, 3.05) is 0 Å². The van der Waals surface area contributed by atoms with Gasteiger partial charge in [-0.25, -0.2) is 4.39 Å². The summed E-state index contributed by atoms with van der Waals surface area (Å²) in [6.45, 7) is 0. The number of hydrogen-bond donors (Lipinski definition) is 0. The first-order valence-electron chi connectivity index (χ1n) is 4.59. The minimum absolute atomic E-state index is 0.0295. The lowest BCUT2D eigenvalue weighted by Gasteiger charge is -2.03. The van der Waals surface area contributed by atoms with Gasteiger partial charge in [0.1, 0.15) is 0 Å². The lowest BCUT2D eigenvalue weighted by atomic mass is 10.0. The summed E-state index contributed by atoms with van der Waals surface area (Å²) < 4.78 is 14.0. The molecule has 0 unspecified atom stereocenters. The van der Waals surface area contributed by atoms with Gasteiger partial charge in [-0.15, -0.1) is 0 Å². The van der Waals surface area contributed by atoms with Crippen LogP contribution in [0.3, 0.4) is 0 Å².